The number of fused-ring (bicyclic) bond motifs is 1. The van der Waals surface area contributed by atoms with Crippen LogP contribution >= 0.6 is 0 Å². The Bertz CT molecular complexity index is 789. The highest BCUT2D eigenvalue weighted by molar-refractivity contribution is 6.09. The molecule has 3 rings (SSSR count). The first-order chi connectivity index (χ1) is 14.0. The normalized spacial score (nSPS) is 16.7. The van der Waals surface area contributed by atoms with Gasteiger partial charge in [0.1, 0.15) is 6.54 Å². The van der Waals surface area contributed by atoms with E-state index in [1.165, 1.54) is 4.90 Å². The minimum Gasteiger partial charge on any atom is -0.466 e. The number of hydrogen-bond acceptors (Lipinski definition) is 5. The largest absolute Gasteiger partial charge is 0.466 e. The monoisotopic (exact) mass is 402 g/mol. The van der Waals surface area contributed by atoms with E-state index in [-0.39, 0.29) is 43.2 Å². The first kappa shape index (κ1) is 20.6. The maximum absolute atomic E-state index is 12.5. The summed E-state index contributed by atoms with van der Waals surface area (Å²) in [5.74, 6) is -0.675. The number of esters is 1. The lowest BCUT2D eigenvalue weighted by Crippen LogP contribution is -2.48. The Hall–Kier alpha value is -3.10. The third-order valence-electron chi connectivity index (χ3n) is 5.10. The molecule has 0 saturated carbocycles. The molecule has 0 aromatic heterocycles. The summed E-state index contributed by atoms with van der Waals surface area (Å²) in [6.45, 7) is 3.26. The van der Waals surface area contributed by atoms with Crippen molar-refractivity contribution in [3.05, 3.63) is 24.3 Å². The fourth-order valence-electron chi connectivity index (χ4n) is 3.57. The average Bonchev–Trinajstić information content (AvgIpc) is 2.73. The molecule has 1 saturated heterocycles. The summed E-state index contributed by atoms with van der Waals surface area (Å²) in [6.07, 6.45) is 1.35. The van der Waals surface area contributed by atoms with Crippen molar-refractivity contribution >= 4 is 35.2 Å². The van der Waals surface area contributed by atoms with Gasteiger partial charge in [0.15, 0.2) is 0 Å². The highest BCUT2D eigenvalue weighted by Crippen LogP contribution is 2.28. The van der Waals surface area contributed by atoms with E-state index in [9.17, 15) is 19.2 Å². The van der Waals surface area contributed by atoms with E-state index in [0.717, 1.165) is 0 Å². The second-order valence-corrected chi connectivity index (χ2v) is 7.04. The second kappa shape index (κ2) is 9.40. The van der Waals surface area contributed by atoms with E-state index >= 15 is 0 Å². The lowest BCUT2D eigenvalue weighted by atomic mass is 9.97. The third kappa shape index (κ3) is 5.04. The van der Waals surface area contributed by atoms with Gasteiger partial charge in [-0.1, -0.05) is 12.1 Å². The van der Waals surface area contributed by atoms with Crippen molar-refractivity contribution in [2.24, 2.45) is 5.92 Å². The average molecular weight is 402 g/mol. The van der Waals surface area contributed by atoms with Gasteiger partial charge < -0.3 is 20.3 Å². The van der Waals surface area contributed by atoms with Gasteiger partial charge in [0.25, 0.3) is 0 Å². The van der Waals surface area contributed by atoms with Crippen molar-refractivity contribution in [2.75, 3.05) is 43.0 Å². The zero-order valence-electron chi connectivity index (χ0n) is 16.5. The van der Waals surface area contributed by atoms with Gasteiger partial charge in [0, 0.05) is 26.1 Å². The number of piperidine rings is 1. The number of nitrogens with zero attached hydrogens (tertiary/aromatic N) is 2. The van der Waals surface area contributed by atoms with Crippen LogP contribution in [0.25, 0.3) is 0 Å². The van der Waals surface area contributed by atoms with Crippen LogP contribution in [0, 0.1) is 5.92 Å². The van der Waals surface area contributed by atoms with Crippen molar-refractivity contribution < 1.29 is 23.9 Å². The predicted molar refractivity (Wildman–Crippen MR) is 106 cm³/mol. The van der Waals surface area contributed by atoms with Crippen LogP contribution in [0.2, 0.25) is 0 Å². The Morgan fingerprint density at radius 3 is 2.66 bits per heavy atom. The predicted octanol–water partition coefficient (Wildman–Crippen LogP) is 1.35. The zero-order chi connectivity index (χ0) is 20.8. The molecule has 0 bridgehead atoms. The van der Waals surface area contributed by atoms with Gasteiger partial charge in [0.05, 0.1) is 23.9 Å². The summed E-state index contributed by atoms with van der Waals surface area (Å²) in [7, 11) is 0. The number of para-hydroxylation sites is 2. The molecule has 156 valence electrons. The molecule has 0 unspecified atom stereocenters. The number of nitrogens with one attached hydrogen (secondary N) is 2. The molecule has 1 aromatic carbocycles. The van der Waals surface area contributed by atoms with E-state index in [1.807, 2.05) is 0 Å². The minimum atomic E-state index is -0.416. The number of anilines is 2. The van der Waals surface area contributed by atoms with Crippen molar-refractivity contribution in [2.45, 2.75) is 26.2 Å². The van der Waals surface area contributed by atoms with Gasteiger partial charge in [-0.2, -0.15) is 0 Å². The second-order valence-electron chi connectivity index (χ2n) is 7.04. The number of benzene rings is 1. The molecule has 2 aliphatic heterocycles. The Morgan fingerprint density at radius 1 is 1.21 bits per heavy atom. The maximum atomic E-state index is 12.5. The molecule has 29 heavy (non-hydrogen) atoms. The molecule has 0 aliphatic carbocycles. The third-order valence-corrected chi connectivity index (χ3v) is 5.10. The van der Waals surface area contributed by atoms with Gasteiger partial charge >= 0.3 is 12.0 Å². The Labute approximate surface area is 169 Å². The van der Waals surface area contributed by atoms with Crippen molar-refractivity contribution in [1.82, 2.24) is 10.2 Å². The molecular weight excluding hydrogens is 376 g/mol. The maximum Gasteiger partial charge on any atom is 0.322 e. The number of ether oxygens (including phenoxy) is 1. The van der Waals surface area contributed by atoms with Crippen LogP contribution in [0.15, 0.2) is 24.3 Å². The molecule has 0 radical (unpaired) electrons. The first-order valence-corrected chi connectivity index (χ1v) is 9.88. The fraction of sp³-hybridized carbons (Fsp3) is 0.500. The van der Waals surface area contributed by atoms with Crippen LogP contribution in [0.4, 0.5) is 16.2 Å². The van der Waals surface area contributed by atoms with Crippen LogP contribution in [0.3, 0.4) is 0 Å². The number of hydrogen-bond donors (Lipinski definition) is 2. The molecule has 2 N–H and O–H groups in total. The molecule has 2 heterocycles. The van der Waals surface area contributed by atoms with Crippen LogP contribution in [0.5, 0.6) is 0 Å². The SMILES string of the molecule is CCOC(=O)C1CCN(C(=O)CCNC(=O)N2CC(=O)Nc3ccccc32)CC1. The molecule has 4 amide bonds. The van der Waals surface area contributed by atoms with Gasteiger partial charge in [0.2, 0.25) is 11.8 Å². The summed E-state index contributed by atoms with van der Waals surface area (Å²) in [6, 6.07) is 6.65. The summed E-state index contributed by atoms with van der Waals surface area (Å²) in [5, 5.41) is 5.44. The molecule has 9 nitrogen and oxygen atoms in total. The fourth-order valence-corrected chi connectivity index (χ4v) is 3.57. The highest BCUT2D eigenvalue weighted by atomic mass is 16.5. The standard InChI is InChI=1S/C20H26N4O5/c1-2-29-19(27)14-8-11-23(12-9-14)18(26)7-10-21-20(28)24-13-17(25)22-15-5-3-4-6-16(15)24/h3-6,14H,2,7-13H2,1H3,(H,21,28)(H,22,25). The van der Waals surface area contributed by atoms with Crippen LogP contribution in [-0.2, 0) is 19.1 Å². The van der Waals surface area contributed by atoms with E-state index in [4.69, 9.17) is 4.74 Å². The summed E-state index contributed by atoms with van der Waals surface area (Å²) in [4.78, 5) is 51.6. The first-order valence-electron chi connectivity index (χ1n) is 9.88. The molecular formula is C20H26N4O5. The number of likely N-dealkylation sites (tertiary alicyclic amines) is 1. The van der Waals surface area contributed by atoms with Gasteiger partial charge in [-0.15, -0.1) is 0 Å². The Kier molecular flexibility index (Phi) is 6.69. The molecule has 1 fully saturated rings. The van der Waals surface area contributed by atoms with Gasteiger partial charge in [-0.05, 0) is 31.9 Å². The van der Waals surface area contributed by atoms with E-state index < -0.39 is 6.03 Å². The number of carbonyl (C=O) groups excluding carboxylic acids is 4. The lowest BCUT2D eigenvalue weighted by molar-refractivity contribution is -0.151. The Morgan fingerprint density at radius 2 is 1.93 bits per heavy atom. The van der Waals surface area contributed by atoms with Gasteiger partial charge in [-0.25, -0.2) is 4.79 Å². The van der Waals surface area contributed by atoms with Crippen LogP contribution in [0.1, 0.15) is 26.2 Å². The van der Waals surface area contributed by atoms with E-state index in [2.05, 4.69) is 10.6 Å². The van der Waals surface area contributed by atoms with E-state index in [0.29, 0.717) is 43.9 Å². The summed E-state index contributed by atoms with van der Waals surface area (Å²) in [5.41, 5.74) is 1.21. The van der Waals surface area contributed by atoms with Crippen LogP contribution in [-0.4, -0.2) is 61.5 Å². The quantitative estimate of drug-likeness (QED) is 0.723. The molecule has 9 heteroatoms. The number of carbonyl (C=O) groups is 4. The van der Waals surface area contributed by atoms with Crippen molar-refractivity contribution in [1.29, 1.82) is 0 Å². The number of amides is 4. The van der Waals surface area contributed by atoms with Crippen LogP contribution < -0.4 is 15.5 Å². The van der Waals surface area contributed by atoms with Crippen molar-refractivity contribution in [3.63, 3.8) is 0 Å². The molecule has 0 atom stereocenters. The minimum absolute atomic E-state index is 0.0654. The molecule has 0 spiro atoms. The Balaban J connectivity index is 1.45. The van der Waals surface area contributed by atoms with Gasteiger partial charge in [-0.3, -0.25) is 19.3 Å². The molecule has 1 aromatic rings. The lowest BCUT2D eigenvalue weighted by Gasteiger charge is -2.31. The smallest absolute Gasteiger partial charge is 0.322 e. The highest BCUT2D eigenvalue weighted by Gasteiger charge is 2.29. The topological polar surface area (TPSA) is 108 Å². The summed E-state index contributed by atoms with van der Waals surface area (Å²) >= 11 is 0. The summed E-state index contributed by atoms with van der Waals surface area (Å²) < 4.78 is 5.04. The number of urea groups is 1. The van der Waals surface area contributed by atoms with E-state index in [1.54, 1.807) is 36.1 Å². The van der Waals surface area contributed by atoms with Crippen molar-refractivity contribution in [3.8, 4) is 0 Å². The molecule has 2 aliphatic rings. The zero-order valence-corrected chi connectivity index (χ0v) is 16.5. The number of rotatable bonds is 5.